The average Bonchev–Trinajstić information content (AvgIpc) is 2.38. The van der Waals surface area contributed by atoms with Crippen LogP contribution >= 0.6 is 0 Å². The first-order chi connectivity index (χ1) is 9.81. The molecule has 1 aromatic rings. The molecule has 1 N–H and O–H groups in total. The fraction of sp³-hybridized carbons (Fsp3) is 0.562. The van der Waals surface area contributed by atoms with E-state index in [1.54, 1.807) is 0 Å². The SMILES string of the molecule is CC(C)C(CNC(=O)c1ccc(OC(F)F)cc1)C(C)C. The molecule has 118 valence electrons. The molecule has 0 saturated carbocycles. The molecule has 1 amide bonds. The molecule has 0 bridgehead atoms. The van der Waals surface area contributed by atoms with Gasteiger partial charge in [0.15, 0.2) is 0 Å². The summed E-state index contributed by atoms with van der Waals surface area (Å²) in [4.78, 5) is 12.0. The monoisotopic (exact) mass is 299 g/mol. The van der Waals surface area contributed by atoms with Crippen LogP contribution in [0.2, 0.25) is 0 Å². The quantitative estimate of drug-likeness (QED) is 0.828. The van der Waals surface area contributed by atoms with Crippen LogP contribution in [0.1, 0.15) is 38.1 Å². The number of halogens is 2. The minimum atomic E-state index is -2.86. The van der Waals surface area contributed by atoms with Gasteiger partial charge < -0.3 is 10.1 Å². The number of amides is 1. The minimum absolute atomic E-state index is 0.0452. The molecule has 0 radical (unpaired) electrons. The summed E-state index contributed by atoms with van der Waals surface area (Å²) in [5.41, 5.74) is 0.433. The van der Waals surface area contributed by atoms with Crippen LogP contribution in [-0.2, 0) is 0 Å². The van der Waals surface area contributed by atoms with Gasteiger partial charge in [-0.05, 0) is 42.0 Å². The van der Waals surface area contributed by atoms with Gasteiger partial charge in [-0.1, -0.05) is 27.7 Å². The number of benzene rings is 1. The highest BCUT2D eigenvalue weighted by atomic mass is 19.3. The number of carbonyl (C=O) groups is 1. The van der Waals surface area contributed by atoms with Crippen molar-refractivity contribution in [3.8, 4) is 5.75 Å². The van der Waals surface area contributed by atoms with Gasteiger partial charge in [-0.3, -0.25) is 4.79 Å². The van der Waals surface area contributed by atoms with Crippen molar-refractivity contribution in [2.45, 2.75) is 34.3 Å². The van der Waals surface area contributed by atoms with Crippen molar-refractivity contribution >= 4 is 5.91 Å². The predicted molar refractivity (Wildman–Crippen MR) is 78.6 cm³/mol. The van der Waals surface area contributed by atoms with Gasteiger partial charge in [-0.25, -0.2) is 0 Å². The van der Waals surface area contributed by atoms with Crippen LogP contribution in [0, 0.1) is 17.8 Å². The molecule has 0 aromatic heterocycles. The van der Waals surface area contributed by atoms with Gasteiger partial charge in [0.05, 0.1) is 0 Å². The summed E-state index contributed by atoms with van der Waals surface area (Å²) in [6.45, 7) is 6.27. The van der Waals surface area contributed by atoms with E-state index in [0.717, 1.165) is 0 Å². The van der Waals surface area contributed by atoms with E-state index >= 15 is 0 Å². The summed E-state index contributed by atoms with van der Waals surface area (Å²) in [6, 6.07) is 5.69. The van der Waals surface area contributed by atoms with Crippen LogP contribution in [0.25, 0.3) is 0 Å². The Morgan fingerprint density at radius 2 is 1.62 bits per heavy atom. The fourth-order valence-electron chi connectivity index (χ4n) is 2.34. The molecule has 1 rings (SSSR count). The summed E-state index contributed by atoms with van der Waals surface area (Å²) in [7, 11) is 0. The van der Waals surface area contributed by atoms with Crippen molar-refractivity contribution in [2.75, 3.05) is 6.54 Å². The molecule has 0 spiro atoms. The topological polar surface area (TPSA) is 38.3 Å². The highest BCUT2D eigenvalue weighted by Gasteiger charge is 2.18. The van der Waals surface area contributed by atoms with Crippen molar-refractivity contribution in [3.05, 3.63) is 29.8 Å². The molecule has 1 aromatic carbocycles. The van der Waals surface area contributed by atoms with Crippen molar-refractivity contribution in [3.63, 3.8) is 0 Å². The van der Waals surface area contributed by atoms with Crippen LogP contribution in [0.15, 0.2) is 24.3 Å². The number of ether oxygens (including phenoxy) is 1. The van der Waals surface area contributed by atoms with E-state index in [-0.39, 0.29) is 11.7 Å². The van der Waals surface area contributed by atoms with Gasteiger partial charge in [0.2, 0.25) is 0 Å². The van der Waals surface area contributed by atoms with Crippen LogP contribution < -0.4 is 10.1 Å². The number of alkyl halides is 2. The first-order valence-electron chi connectivity index (χ1n) is 7.14. The summed E-state index contributed by atoms with van der Waals surface area (Å²) in [5.74, 6) is 1.20. The van der Waals surface area contributed by atoms with E-state index in [1.807, 2.05) is 0 Å². The molecule has 5 heteroatoms. The molecule has 21 heavy (non-hydrogen) atoms. The summed E-state index contributed by atoms with van der Waals surface area (Å²) in [5, 5.41) is 2.89. The van der Waals surface area contributed by atoms with Gasteiger partial charge in [0, 0.05) is 12.1 Å². The summed E-state index contributed by atoms with van der Waals surface area (Å²) in [6.07, 6.45) is 0. The molecular weight excluding hydrogens is 276 g/mol. The molecule has 0 saturated heterocycles. The number of hydrogen-bond donors (Lipinski definition) is 1. The zero-order valence-corrected chi connectivity index (χ0v) is 12.9. The molecule has 0 aliphatic rings. The standard InChI is InChI=1S/C16H23F2NO2/c1-10(2)14(11(3)4)9-19-15(20)12-5-7-13(8-6-12)21-16(17)18/h5-8,10-11,14,16H,9H2,1-4H3,(H,19,20). The summed E-state index contributed by atoms with van der Waals surface area (Å²) >= 11 is 0. The largest absolute Gasteiger partial charge is 0.435 e. The lowest BCUT2D eigenvalue weighted by Gasteiger charge is -2.25. The third kappa shape index (κ3) is 5.69. The maximum Gasteiger partial charge on any atom is 0.387 e. The molecule has 0 aliphatic carbocycles. The number of hydrogen-bond acceptors (Lipinski definition) is 2. The molecule has 0 heterocycles. The van der Waals surface area contributed by atoms with E-state index in [4.69, 9.17) is 0 Å². The zero-order chi connectivity index (χ0) is 16.0. The van der Waals surface area contributed by atoms with Crippen molar-refractivity contribution in [2.24, 2.45) is 17.8 Å². The fourth-order valence-corrected chi connectivity index (χ4v) is 2.34. The van der Waals surface area contributed by atoms with Gasteiger partial charge in [-0.15, -0.1) is 0 Å². The highest BCUT2D eigenvalue weighted by molar-refractivity contribution is 5.94. The molecule has 0 aliphatic heterocycles. The molecule has 0 fully saturated rings. The second kappa shape index (κ2) is 7.96. The Bertz CT molecular complexity index is 436. The average molecular weight is 299 g/mol. The minimum Gasteiger partial charge on any atom is -0.435 e. The Morgan fingerprint density at radius 1 is 1.10 bits per heavy atom. The van der Waals surface area contributed by atoms with Gasteiger partial charge in [0.1, 0.15) is 5.75 Å². The Hall–Kier alpha value is -1.65. The van der Waals surface area contributed by atoms with E-state index in [9.17, 15) is 13.6 Å². The van der Waals surface area contributed by atoms with Crippen LogP contribution in [0.4, 0.5) is 8.78 Å². The third-order valence-corrected chi connectivity index (χ3v) is 3.55. The Balaban J connectivity index is 2.59. The summed E-state index contributed by atoms with van der Waals surface area (Å²) < 4.78 is 28.3. The lowest BCUT2D eigenvalue weighted by molar-refractivity contribution is -0.0498. The Labute approximate surface area is 124 Å². The van der Waals surface area contributed by atoms with Crippen LogP contribution in [0.3, 0.4) is 0 Å². The zero-order valence-electron chi connectivity index (χ0n) is 12.9. The molecular formula is C16H23F2NO2. The van der Waals surface area contributed by atoms with E-state index < -0.39 is 6.61 Å². The number of nitrogens with one attached hydrogen (secondary N) is 1. The number of carbonyl (C=O) groups excluding carboxylic acids is 1. The van der Waals surface area contributed by atoms with Crippen LogP contribution in [-0.4, -0.2) is 19.1 Å². The Morgan fingerprint density at radius 3 is 2.05 bits per heavy atom. The van der Waals surface area contributed by atoms with Crippen molar-refractivity contribution in [1.29, 1.82) is 0 Å². The molecule has 0 unspecified atom stereocenters. The first kappa shape index (κ1) is 17.4. The van der Waals surface area contributed by atoms with Gasteiger partial charge in [-0.2, -0.15) is 8.78 Å². The third-order valence-electron chi connectivity index (χ3n) is 3.55. The molecule has 3 nitrogen and oxygen atoms in total. The maximum atomic E-state index is 12.0. The first-order valence-corrected chi connectivity index (χ1v) is 7.14. The van der Waals surface area contributed by atoms with Crippen LogP contribution in [0.5, 0.6) is 5.75 Å². The van der Waals surface area contributed by atoms with E-state index in [1.165, 1.54) is 24.3 Å². The second-order valence-electron chi connectivity index (χ2n) is 5.76. The van der Waals surface area contributed by atoms with Crippen molar-refractivity contribution in [1.82, 2.24) is 5.32 Å². The van der Waals surface area contributed by atoms with E-state index in [0.29, 0.717) is 29.9 Å². The van der Waals surface area contributed by atoms with Gasteiger partial charge in [0.25, 0.3) is 5.91 Å². The highest BCUT2D eigenvalue weighted by Crippen LogP contribution is 2.20. The normalized spacial score (nSPS) is 11.5. The predicted octanol–water partition coefficient (Wildman–Crippen LogP) is 3.95. The second-order valence-corrected chi connectivity index (χ2v) is 5.76. The van der Waals surface area contributed by atoms with Gasteiger partial charge >= 0.3 is 6.61 Å². The van der Waals surface area contributed by atoms with Crippen molar-refractivity contribution < 1.29 is 18.3 Å². The lowest BCUT2D eigenvalue weighted by Crippen LogP contribution is -2.33. The lowest BCUT2D eigenvalue weighted by atomic mass is 9.85. The van der Waals surface area contributed by atoms with E-state index in [2.05, 4.69) is 37.7 Å². The maximum absolute atomic E-state index is 12.0. The number of rotatable bonds is 7. The molecule has 0 atom stereocenters. The Kier molecular flexibility index (Phi) is 6.59. The smallest absolute Gasteiger partial charge is 0.387 e.